The molecule has 57 heavy (non-hydrogen) atoms. The minimum absolute atomic E-state index is 0.000614. The molecule has 3 aliphatic heterocycles. The van der Waals surface area contributed by atoms with E-state index in [0.29, 0.717) is 29.9 Å². The van der Waals surface area contributed by atoms with E-state index in [2.05, 4.69) is 107 Å². The molecule has 320 valence electrons. The summed E-state index contributed by atoms with van der Waals surface area (Å²) in [7, 11) is -3.08. The fourth-order valence-corrected chi connectivity index (χ4v) is 7.87. The highest BCUT2D eigenvalue weighted by molar-refractivity contribution is 6.79. The number of nitrogen functional groups attached to an aromatic ring is 2. The normalized spacial score (nSPS) is 26.9. The van der Waals surface area contributed by atoms with Crippen LogP contribution in [-0.4, -0.2) is 107 Å². The predicted octanol–water partition coefficient (Wildman–Crippen LogP) is 3.13. The molecule has 0 aromatic carbocycles. The monoisotopic (exact) mass is 856 g/mol. The number of rotatable bonds is 9. The molecule has 6 rings (SSSR count). The Morgan fingerprint density at radius 3 is 1.72 bits per heavy atom. The van der Waals surface area contributed by atoms with Crippen LogP contribution < -0.4 is 32.3 Å². The van der Waals surface area contributed by atoms with Crippen molar-refractivity contribution < 1.29 is 28.8 Å². The number of aliphatic hydroxyl groups is 2. The van der Waals surface area contributed by atoms with Gasteiger partial charge in [0.1, 0.15) is 51.3 Å². The SMILES string of the molecule is CC[C@H]1O[C@@H](Cl)C[C@H]1C.CC[C@H]1O[C@@H](n2cnc(N)nc2=O)C[C@H]1C.C[Si](C)(C)Nc1ncnc(O[Si](C)(C)C)n1.Nc1ncn([C@H]2C[C@@H](O)[C@@H](CO)O2)c(=O)n1. The quantitative estimate of drug-likeness (QED) is 0.153. The molecule has 3 aromatic heterocycles. The van der Waals surface area contributed by atoms with Crippen molar-refractivity contribution in [3.63, 3.8) is 0 Å². The zero-order valence-corrected chi connectivity index (χ0v) is 37.3. The van der Waals surface area contributed by atoms with Gasteiger partial charge in [-0.2, -0.15) is 19.9 Å². The van der Waals surface area contributed by atoms with Gasteiger partial charge in [0.05, 0.1) is 24.9 Å². The molecule has 0 aliphatic carbocycles. The van der Waals surface area contributed by atoms with Gasteiger partial charge in [-0.1, -0.05) is 58.9 Å². The third kappa shape index (κ3) is 15.6. The van der Waals surface area contributed by atoms with E-state index < -0.39 is 46.4 Å². The van der Waals surface area contributed by atoms with Crippen molar-refractivity contribution in [2.75, 3.05) is 23.1 Å². The Balaban J connectivity index is 0.000000208. The molecule has 3 fully saturated rings. The maximum Gasteiger partial charge on any atom is 0.354 e. The average molecular weight is 858 g/mol. The van der Waals surface area contributed by atoms with E-state index in [9.17, 15) is 14.7 Å². The van der Waals surface area contributed by atoms with Crippen molar-refractivity contribution in [3.8, 4) is 6.01 Å². The second-order valence-corrected chi connectivity index (χ2v) is 25.7. The fourth-order valence-electron chi connectivity index (χ4n) is 6.02. The molecule has 0 bridgehead atoms. The fraction of sp³-hybridized carbons (Fsp3) is 0.735. The van der Waals surface area contributed by atoms with Gasteiger partial charge in [-0.25, -0.2) is 24.5 Å². The number of halogens is 1. The van der Waals surface area contributed by atoms with Crippen LogP contribution in [0, 0.1) is 11.8 Å². The third-order valence-electron chi connectivity index (χ3n) is 8.79. The highest BCUT2D eigenvalue weighted by Crippen LogP contribution is 2.33. The van der Waals surface area contributed by atoms with Crippen LogP contribution in [0.3, 0.4) is 0 Å². The van der Waals surface area contributed by atoms with Crippen molar-refractivity contribution in [2.45, 2.75) is 142 Å². The summed E-state index contributed by atoms with van der Waals surface area (Å²) >= 11 is 5.76. The van der Waals surface area contributed by atoms with E-state index in [0.717, 1.165) is 30.3 Å². The second kappa shape index (κ2) is 21.4. The summed E-state index contributed by atoms with van der Waals surface area (Å²) in [6.07, 6.45) is 6.37. The Hall–Kier alpha value is -3.65. The van der Waals surface area contributed by atoms with Crippen molar-refractivity contribution in [1.82, 2.24) is 44.0 Å². The number of hydrogen-bond acceptors (Lipinski definition) is 18. The first kappa shape index (κ1) is 47.7. The van der Waals surface area contributed by atoms with E-state index in [1.807, 2.05) is 0 Å². The summed E-state index contributed by atoms with van der Waals surface area (Å²) in [6, 6.07) is 0.426. The van der Waals surface area contributed by atoms with Gasteiger partial charge < -0.3 is 45.3 Å². The van der Waals surface area contributed by atoms with Crippen LogP contribution in [0.25, 0.3) is 0 Å². The molecule has 23 heteroatoms. The van der Waals surface area contributed by atoms with Crippen LogP contribution >= 0.6 is 11.6 Å². The van der Waals surface area contributed by atoms with Gasteiger partial charge in [-0.3, -0.25) is 9.13 Å². The predicted molar refractivity (Wildman–Crippen MR) is 220 cm³/mol. The van der Waals surface area contributed by atoms with Crippen LogP contribution in [0.15, 0.2) is 28.6 Å². The third-order valence-corrected chi connectivity index (χ3v) is 10.8. The molecule has 3 aromatic rings. The molecule has 0 unspecified atom stereocenters. The number of anilines is 3. The van der Waals surface area contributed by atoms with Gasteiger partial charge >= 0.3 is 17.4 Å². The van der Waals surface area contributed by atoms with Crippen LogP contribution in [0.2, 0.25) is 39.3 Å². The number of nitrogens with two attached hydrogens (primary N) is 2. The number of aromatic nitrogens is 9. The lowest BCUT2D eigenvalue weighted by atomic mass is 10.0. The minimum atomic E-state index is -1.65. The first-order valence-electron chi connectivity index (χ1n) is 19.1. The van der Waals surface area contributed by atoms with Gasteiger partial charge in [-0.15, -0.1) is 0 Å². The summed E-state index contributed by atoms with van der Waals surface area (Å²) < 4.78 is 24.7. The zero-order valence-electron chi connectivity index (χ0n) is 34.6. The van der Waals surface area contributed by atoms with Crippen LogP contribution in [0.1, 0.15) is 72.3 Å². The largest absolute Gasteiger partial charge is 0.518 e. The van der Waals surface area contributed by atoms with E-state index in [1.54, 1.807) is 0 Å². The number of nitrogens with zero attached hydrogens (tertiary/aromatic N) is 9. The Bertz CT molecular complexity index is 1700. The second-order valence-electron chi connectivity index (χ2n) is 16.1. The summed E-state index contributed by atoms with van der Waals surface area (Å²) in [5.74, 6) is 1.59. The van der Waals surface area contributed by atoms with Crippen LogP contribution in [0.4, 0.5) is 17.8 Å². The van der Waals surface area contributed by atoms with E-state index in [1.165, 1.54) is 23.5 Å². The van der Waals surface area contributed by atoms with Crippen molar-refractivity contribution >= 4 is 46.0 Å². The molecule has 3 aliphatic rings. The molecule has 3 saturated heterocycles. The van der Waals surface area contributed by atoms with Crippen LogP contribution in [-0.2, 0) is 14.2 Å². The molecule has 0 amide bonds. The maximum absolute atomic E-state index is 11.6. The Kier molecular flexibility index (Phi) is 17.9. The summed E-state index contributed by atoms with van der Waals surface area (Å²) in [4.78, 5) is 53.2. The Labute approximate surface area is 340 Å². The lowest BCUT2D eigenvalue weighted by Gasteiger charge is -2.20. The van der Waals surface area contributed by atoms with Crippen LogP contribution in [0.5, 0.6) is 6.01 Å². The molecule has 7 N–H and O–H groups in total. The van der Waals surface area contributed by atoms with E-state index in [-0.39, 0.29) is 42.8 Å². The van der Waals surface area contributed by atoms with Crippen molar-refractivity contribution in [3.05, 3.63) is 40.0 Å². The number of nitrogens with one attached hydrogen (secondary N) is 1. The molecule has 20 nitrogen and oxygen atoms in total. The number of aliphatic hydroxyl groups excluding tert-OH is 2. The smallest absolute Gasteiger partial charge is 0.354 e. The Morgan fingerprint density at radius 1 is 0.807 bits per heavy atom. The lowest BCUT2D eigenvalue weighted by Crippen LogP contribution is -2.34. The molecule has 0 radical (unpaired) electrons. The van der Waals surface area contributed by atoms with E-state index in [4.69, 9.17) is 46.8 Å². The van der Waals surface area contributed by atoms with Crippen molar-refractivity contribution in [2.24, 2.45) is 11.8 Å². The first-order chi connectivity index (χ1) is 26.6. The maximum atomic E-state index is 11.6. The number of ether oxygens (including phenoxy) is 3. The molecular formula is C34H61ClN12O8Si2. The zero-order chi connectivity index (χ0) is 42.7. The van der Waals surface area contributed by atoms with Gasteiger partial charge in [0.15, 0.2) is 0 Å². The van der Waals surface area contributed by atoms with E-state index >= 15 is 0 Å². The highest BCUT2D eigenvalue weighted by Gasteiger charge is 2.35. The van der Waals surface area contributed by atoms with Gasteiger partial charge in [0, 0.05) is 6.42 Å². The standard InChI is InChI=1S/C10H16N4O2.C9H20N4OSi2.C8H12N4O4.C7H13ClO/c1-3-7-6(2)4-8(16-7)14-5-12-9(11)13-10(14)15;1-15(2,3)13-8-10-7-11-9(12-8)14-16(4,5)6;9-7-10-3-12(8(15)11-7)6-1-4(14)5(2-13)16-6;1-3-6-5(2)4-7(8)9-6/h5-8H,3-4H2,1-2H3,(H2,11,13,15);7H,1-6H3,(H,10,11,12,13);3-6,13-14H,1-2H2,(H2,9,11,15);5-7H,3-4H2,1-2H3/t6-,7-,8-;;4-,5-,6-;5-,6-,7-/m1.11/s1. The molecule has 6 heterocycles. The number of hydrogen-bond donors (Lipinski definition) is 5. The Morgan fingerprint density at radius 2 is 1.32 bits per heavy atom. The first-order valence-corrected chi connectivity index (χ1v) is 26.4. The highest BCUT2D eigenvalue weighted by atomic mass is 35.5. The molecule has 9 atom stereocenters. The summed E-state index contributed by atoms with van der Waals surface area (Å²) in [5, 5.41) is 18.4. The molecular weight excluding hydrogens is 796 g/mol. The minimum Gasteiger partial charge on any atom is -0.518 e. The number of alkyl halides is 1. The summed E-state index contributed by atoms with van der Waals surface area (Å²) in [5.41, 5.74) is 9.55. The molecule has 0 spiro atoms. The van der Waals surface area contributed by atoms with Gasteiger partial charge in [0.2, 0.25) is 26.2 Å². The molecule has 0 saturated carbocycles. The van der Waals surface area contributed by atoms with Gasteiger partial charge in [-0.05, 0) is 57.2 Å². The average Bonchev–Trinajstić information content (AvgIpc) is 3.78. The summed E-state index contributed by atoms with van der Waals surface area (Å²) in [6.45, 7) is 21.1. The lowest BCUT2D eigenvalue weighted by molar-refractivity contribution is -0.0462. The topological polar surface area (TPSA) is 276 Å². The van der Waals surface area contributed by atoms with Crippen molar-refractivity contribution in [1.29, 1.82) is 0 Å². The van der Waals surface area contributed by atoms with Gasteiger partial charge in [0.25, 0.3) is 0 Å².